The zero-order valence-electron chi connectivity index (χ0n) is 8.93. The van der Waals surface area contributed by atoms with Crippen molar-refractivity contribution >= 4 is 27.2 Å². The van der Waals surface area contributed by atoms with Gasteiger partial charge in [0.2, 0.25) is 10.0 Å². The number of hydrogen-bond acceptors (Lipinski definition) is 5. The molecule has 1 aromatic heterocycles. The number of rotatable bonds is 5. The molecule has 0 saturated heterocycles. The summed E-state index contributed by atoms with van der Waals surface area (Å²) in [6, 6.07) is 1.65. The molecule has 8 heteroatoms. The van der Waals surface area contributed by atoms with Gasteiger partial charge in [-0.25, -0.2) is 13.1 Å². The highest BCUT2D eigenvalue weighted by atomic mass is 32.2. The molecule has 1 heterocycles. The molecule has 1 atom stereocenters. The van der Waals surface area contributed by atoms with E-state index in [1.165, 1.54) is 6.92 Å². The number of aryl methyl sites for hydroxylation is 1. The van der Waals surface area contributed by atoms with Crippen LogP contribution in [0.25, 0.3) is 0 Å². The third-order valence-electron chi connectivity index (χ3n) is 1.99. The van der Waals surface area contributed by atoms with E-state index < -0.39 is 15.3 Å². The van der Waals surface area contributed by atoms with Crippen molar-refractivity contribution in [3.8, 4) is 0 Å². The second kappa shape index (κ2) is 4.89. The van der Waals surface area contributed by atoms with E-state index >= 15 is 0 Å². The maximum Gasteiger partial charge on any atom is 0.221 e. The summed E-state index contributed by atoms with van der Waals surface area (Å²) in [7, 11) is -3.55. The standard InChI is InChI=1S/C8H13N3O3S2/c1-5-3-7(14-11-5)4-10-16(12,13)6(2)8(9)15/h3,6,10H,4H2,1-2H3,(H2,9,15). The van der Waals surface area contributed by atoms with E-state index in [0.717, 1.165) is 0 Å². The van der Waals surface area contributed by atoms with Gasteiger partial charge in [0.25, 0.3) is 0 Å². The first-order valence-electron chi connectivity index (χ1n) is 4.53. The lowest BCUT2D eigenvalue weighted by Gasteiger charge is -2.11. The minimum Gasteiger partial charge on any atom is -0.392 e. The fourth-order valence-corrected chi connectivity index (χ4v) is 2.23. The highest BCUT2D eigenvalue weighted by Crippen LogP contribution is 2.04. The van der Waals surface area contributed by atoms with Gasteiger partial charge in [-0.1, -0.05) is 17.4 Å². The van der Waals surface area contributed by atoms with E-state index in [-0.39, 0.29) is 11.5 Å². The Hall–Kier alpha value is -0.990. The Morgan fingerprint density at radius 1 is 1.75 bits per heavy atom. The molecule has 0 aromatic carbocycles. The monoisotopic (exact) mass is 263 g/mol. The number of hydrogen-bond donors (Lipinski definition) is 2. The molecular formula is C8H13N3O3S2. The first-order chi connectivity index (χ1) is 7.33. The number of nitrogens with one attached hydrogen (secondary N) is 1. The van der Waals surface area contributed by atoms with E-state index in [1.54, 1.807) is 13.0 Å². The predicted octanol–water partition coefficient (Wildman–Crippen LogP) is 0.0770. The summed E-state index contributed by atoms with van der Waals surface area (Å²) in [5.74, 6) is 0.441. The molecule has 6 nitrogen and oxygen atoms in total. The molecule has 0 saturated carbocycles. The van der Waals surface area contributed by atoms with E-state index in [4.69, 9.17) is 10.3 Å². The zero-order chi connectivity index (χ0) is 12.3. The third-order valence-corrected chi connectivity index (χ3v) is 4.22. The van der Waals surface area contributed by atoms with Crippen LogP contribution in [0.1, 0.15) is 18.4 Å². The molecule has 16 heavy (non-hydrogen) atoms. The highest BCUT2D eigenvalue weighted by Gasteiger charge is 2.23. The molecule has 0 fully saturated rings. The fourth-order valence-electron chi connectivity index (χ4n) is 0.949. The Kier molecular flexibility index (Phi) is 4.00. The smallest absolute Gasteiger partial charge is 0.221 e. The first kappa shape index (κ1) is 13.1. The van der Waals surface area contributed by atoms with Crippen LogP contribution in [0.2, 0.25) is 0 Å². The Bertz CT molecular complexity index is 480. The van der Waals surface area contributed by atoms with Gasteiger partial charge in [-0.3, -0.25) is 0 Å². The normalized spacial score (nSPS) is 13.6. The summed E-state index contributed by atoms with van der Waals surface area (Å²) in [6.07, 6.45) is 0. The van der Waals surface area contributed by atoms with Crippen molar-refractivity contribution in [3.05, 3.63) is 17.5 Å². The topological polar surface area (TPSA) is 98.2 Å². The van der Waals surface area contributed by atoms with Crippen molar-refractivity contribution in [1.29, 1.82) is 0 Å². The van der Waals surface area contributed by atoms with Crippen LogP contribution in [0.4, 0.5) is 0 Å². The second-order valence-corrected chi connectivity index (χ2v) is 5.90. The molecule has 0 spiro atoms. The molecule has 0 aliphatic carbocycles. The third kappa shape index (κ3) is 3.26. The average molecular weight is 263 g/mol. The van der Waals surface area contributed by atoms with Gasteiger partial charge in [0.1, 0.15) is 5.25 Å². The van der Waals surface area contributed by atoms with Gasteiger partial charge in [-0.15, -0.1) is 0 Å². The summed E-state index contributed by atoms with van der Waals surface area (Å²) in [5.41, 5.74) is 5.96. The van der Waals surface area contributed by atoms with Crippen molar-refractivity contribution in [2.75, 3.05) is 0 Å². The maximum atomic E-state index is 11.6. The van der Waals surface area contributed by atoms with Crippen LogP contribution in [-0.4, -0.2) is 23.8 Å². The molecule has 0 aliphatic rings. The molecule has 1 aromatic rings. The summed E-state index contributed by atoms with van der Waals surface area (Å²) >= 11 is 4.62. The summed E-state index contributed by atoms with van der Waals surface area (Å²) in [6.45, 7) is 3.21. The first-order valence-corrected chi connectivity index (χ1v) is 6.48. The van der Waals surface area contributed by atoms with E-state index in [9.17, 15) is 8.42 Å². The van der Waals surface area contributed by atoms with Crippen LogP contribution < -0.4 is 10.5 Å². The minimum atomic E-state index is -3.55. The van der Waals surface area contributed by atoms with Gasteiger partial charge >= 0.3 is 0 Å². The largest absolute Gasteiger partial charge is 0.392 e. The quantitative estimate of drug-likeness (QED) is 0.730. The van der Waals surface area contributed by atoms with Crippen molar-refractivity contribution in [2.45, 2.75) is 25.6 Å². The number of nitrogens with zero attached hydrogens (tertiary/aromatic N) is 1. The lowest BCUT2D eigenvalue weighted by molar-refractivity contribution is 0.377. The Morgan fingerprint density at radius 3 is 2.81 bits per heavy atom. The second-order valence-electron chi connectivity index (χ2n) is 3.35. The van der Waals surface area contributed by atoms with Crippen molar-refractivity contribution < 1.29 is 12.9 Å². The van der Waals surface area contributed by atoms with Crippen LogP contribution in [0, 0.1) is 6.92 Å². The predicted molar refractivity (Wildman–Crippen MR) is 63.2 cm³/mol. The Balaban J connectivity index is 2.65. The van der Waals surface area contributed by atoms with Gasteiger partial charge in [0.05, 0.1) is 17.2 Å². The molecule has 90 valence electrons. The summed E-state index contributed by atoms with van der Waals surface area (Å²) in [4.78, 5) is -0.0683. The van der Waals surface area contributed by atoms with Crippen LogP contribution in [-0.2, 0) is 16.6 Å². The lowest BCUT2D eigenvalue weighted by atomic mass is 10.4. The van der Waals surface area contributed by atoms with Crippen LogP contribution in [0.15, 0.2) is 10.6 Å². The lowest BCUT2D eigenvalue weighted by Crippen LogP contribution is -2.39. The number of thiocarbonyl (C=S) groups is 1. The van der Waals surface area contributed by atoms with Gasteiger partial charge < -0.3 is 10.3 Å². The molecular weight excluding hydrogens is 250 g/mol. The maximum absolute atomic E-state index is 11.6. The van der Waals surface area contributed by atoms with Gasteiger partial charge in [0.15, 0.2) is 5.76 Å². The summed E-state index contributed by atoms with van der Waals surface area (Å²) < 4.78 is 30.4. The number of aromatic nitrogens is 1. The van der Waals surface area contributed by atoms with E-state index in [0.29, 0.717) is 11.5 Å². The SMILES string of the molecule is Cc1cc(CNS(=O)(=O)C(C)C(N)=S)on1. The molecule has 0 amide bonds. The van der Waals surface area contributed by atoms with E-state index in [1.807, 2.05) is 0 Å². The molecule has 0 bridgehead atoms. The molecule has 1 rings (SSSR count). The van der Waals surface area contributed by atoms with Crippen molar-refractivity contribution in [1.82, 2.24) is 9.88 Å². The van der Waals surface area contributed by atoms with Crippen LogP contribution in [0.3, 0.4) is 0 Å². The molecule has 0 aliphatic heterocycles. The number of nitrogens with two attached hydrogens (primary N) is 1. The zero-order valence-corrected chi connectivity index (χ0v) is 10.6. The Morgan fingerprint density at radius 2 is 2.38 bits per heavy atom. The van der Waals surface area contributed by atoms with Crippen LogP contribution in [0.5, 0.6) is 0 Å². The van der Waals surface area contributed by atoms with E-state index in [2.05, 4.69) is 22.1 Å². The molecule has 0 radical (unpaired) electrons. The molecule has 1 unspecified atom stereocenters. The van der Waals surface area contributed by atoms with Gasteiger partial charge in [0, 0.05) is 6.07 Å². The summed E-state index contributed by atoms with van der Waals surface area (Å²) in [5, 5.41) is 2.73. The fraction of sp³-hybridized carbons (Fsp3) is 0.500. The van der Waals surface area contributed by atoms with Gasteiger partial charge in [-0.2, -0.15) is 0 Å². The molecule has 3 N–H and O–H groups in total. The highest BCUT2D eigenvalue weighted by molar-refractivity contribution is 7.93. The van der Waals surface area contributed by atoms with Crippen LogP contribution >= 0.6 is 12.2 Å². The average Bonchev–Trinajstić information content (AvgIpc) is 2.60. The number of sulfonamides is 1. The Labute approximate surface area is 99.2 Å². The van der Waals surface area contributed by atoms with Crippen molar-refractivity contribution in [2.24, 2.45) is 5.73 Å². The van der Waals surface area contributed by atoms with Gasteiger partial charge in [-0.05, 0) is 13.8 Å². The van der Waals surface area contributed by atoms with Crippen molar-refractivity contribution in [3.63, 3.8) is 0 Å². The minimum absolute atomic E-state index is 0.0378.